The van der Waals surface area contributed by atoms with E-state index in [1.807, 2.05) is 30.3 Å². The molecule has 2 aromatic carbocycles. The number of hydrogen-bond acceptors (Lipinski definition) is 5. The van der Waals surface area contributed by atoms with Gasteiger partial charge < -0.3 is 19.2 Å². The first-order chi connectivity index (χ1) is 12.2. The summed E-state index contributed by atoms with van der Waals surface area (Å²) >= 11 is 0. The molecule has 0 fully saturated rings. The molecule has 0 atom stereocenters. The molecule has 0 radical (unpaired) electrons. The van der Waals surface area contributed by atoms with Crippen LogP contribution in [0.1, 0.15) is 21.7 Å². The van der Waals surface area contributed by atoms with Crippen molar-refractivity contribution in [1.29, 1.82) is 0 Å². The normalized spacial score (nSPS) is 10.7. The molecule has 6 nitrogen and oxygen atoms in total. The third kappa shape index (κ3) is 3.42. The summed E-state index contributed by atoms with van der Waals surface area (Å²) in [6.45, 7) is 0. The van der Waals surface area contributed by atoms with Crippen molar-refractivity contribution in [2.45, 2.75) is 12.8 Å². The Hall–Kier alpha value is -3.02. The second kappa shape index (κ2) is 7.25. The Labute approximate surface area is 145 Å². The fraction of sp³-hybridized carbons (Fsp3) is 0.263. The molecule has 3 rings (SSSR count). The largest absolute Gasteiger partial charge is 0.493 e. The van der Waals surface area contributed by atoms with Gasteiger partial charge in [0.15, 0.2) is 11.5 Å². The van der Waals surface area contributed by atoms with Crippen LogP contribution in [0.15, 0.2) is 36.4 Å². The highest BCUT2D eigenvalue weighted by Gasteiger charge is 2.14. The number of para-hydroxylation sites is 1. The summed E-state index contributed by atoms with van der Waals surface area (Å²) in [7, 11) is 4.60. The molecule has 0 spiro atoms. The quantitative estimate of drug-likeness (QED) is 0.698. The van der Waals surface area contributed by atoms with Crippen LogP contribution in [-0.4, -0.2) is 37.3 Å². The number of imidazole rings is 1. The Kier molecular flexibility index (Phi) is 4.88. The molecule has 1 N–H and O–H groups in total. The van der Waals surface area contributed by atoms with E-state index in [9.17, 15) is 4.79 Å². The average molecular weight is 340 g/mol. The maximum atomic E-state index is 11.8. The van der Waals surface area contributed by atoms with Crippen LogP contribution in [0.5, 0.6) is 11.5 Å². The van der Waals surface area contributed by atoms with Crippen molar-refractivity contribution in [3.8, 4) is 11.5 Å². The van der Waals surface area contributed by atoms with Gasteiger partial charge in [0.1, 0.15) is 11.3 Å². The number of carbonyl (C=O) groups excluding carboxylic acids is 1. The molecule has 25 heavy (non-hydrogen) atoms. The van der Waals surface area contributed by atoms with E-state index in [1.165, 1.54) is 7.11 Å². The highest BCUT2D eigenvalue weighted by Crippen LogP contribution is 2.28. The Morgan fingerprint density at radius 2 is 1.84 bits per heavy atom. The third-order valence-electron chi connectivity index (χ3n) is 4.07. The minimum Gasteiger partial charge on any atom is -0.493 e. The lowest BCUT2D eigenvalue weighted by molar-refractivity contribution is 0.0603. The topological polar surface area (TPSA) is 73.4 Å². The minimum atomic E-state index is -0.386. The smallest absolute Gasteiger partial charge is 0.340 e. The SMILES string of the molecule is COC(=O)c1cccc2[nH]c(CCc3ccc(OC)c(OC)c3)nc12. The van der Waals surface area contributed by atoms with Gasteiger partial charge in [-0.25, -0.2) is 9.78 Å². The number of carbonyl (C=O) groups is 1. The van der Waals surface area contributed by atoms with Gasteiger partial charge in [-0.2, -0.15) is 0 Å². The van der Waals surface area contributed by atoms with Crippen molar-refractivity contribution in [2.75, 3.05) is 21.3 Å². The predicted molar refractivity (Wildman–Crippen MR) is 94.4 cm³/mol. The number of nitrogens with one attached hydrogen (secondary N) is 1. The molecular formula is C19H20N2O4. The summed E-state index contributed by atoms with van der Waals surface area (Å²) in [6, 6.07) is 11.3. The van der Waals surface area contributed by atoms with Crippen molar-refractivity contribution in [3.05, 3.63) is 53.3 Å². The van der Waals surface area contributed by atoms with E-state index in [0.717, 1.165) is 23.3 Å². The van der Waals surface area contributed by atoms with Crippen molar-refractivity contribution in [1.82, 2.24) is 9.97 Å². The van der Waals surface area contributed by atoms with Gasteiger partial charge in [0.25, 0.3) is 0 Å². The number of aromatic nitrogens is 2. The Bertz CT molecular complexity index is 902. The highest BCUT2D eigenvalue weighted by atomic mass is 16.5. The fourth-order valence-corrected chi connectivity index (χ4v) is 2.78. The molecule has 0 saturated heterocycles. The number of ether oxygens (including phenoxy) is 3. The molecular weight excluding hydrogens is 320 g/mol. The van der Waals surface area contributed by atoms with Gasteiger partial charge in [-0.05, 0) is 36.2 Å². The van der Waals surface area contributed by atoms with E-state index in [4.69, 9.17) is 14.2 Å². The zero-order chi connectivity index (χ0) is 17.8. The van der Waals surface area contributed by atoms with Gasteiger partial charge >= 0.3 is 5.97 Å². The fourth-order valence-electron chi connectivity index (χ4n) is 2.78. The Morgan fingerprint density at radius 3 is 2.56 bits per heavy atom. The Balaban J connectivity index is 1.81. The van der Waals surface area contributed by atoms with E-state index in [0.29, 0.717) is 29.0 Å². The van der Waals surface area contributed by atoms with Crippen LogP contribution < -0.4 is 9.47 Å². The molecule has 1 heterocycles. The molecule has 130 valence electrons. The van der Waals surface area contributed by atoms with E-state index in [-0.39, 0.29) is 5.97 Å². The van der Waals surface area contributed by atoms with Crippen LogP contribution in [0.2, 0.25) is 0 Å². The number of rotatable bonds is 6. The average Bonchev–Trinajstić information content (AvgIpc) is 3.08. The molecule has 0 amide bonds. The molecule has 0 aliphatic heterocycles. The summed E-state index contributed by atoms with van der Waals surface area (Å²) in [5.74, 6) is 1.85. The van der Waals surface area contributed by atoms with Gasteiger partial charge in [-0.3, -0.25) is 0 Å². The zero-order valence-electron chi connectivity index (χ0n) is 14.5. The van der Waals surface area contributed by atoms with Gasteiger partial charge in [-0.1, -0.05) is 12.1 Å². The van der Waals surface area contributed by atoms with E-state index >= 15 is 0 Å². The second-order valence-electron chi connectivity index (χ2n) is 5.57. The molecule has 0 aliphatic rings. The minimum absolute atomic E-state index is 0.386. The van der Waals surface area contributed by atoms with Crippen molar-refractivity contribution in [2.24, 2.45) is 0 Å². The third-order valence-corrected chi connectivity index (χ3v) is 4.07. The lowest BCUT2D eigenvalue weighted by Crippen LogP contribution is -2.01. The first-order valence-corrected chi connectivity index (χ1v) is 7.93. The lowest BCUT2D eigenvalue weighted by Gasteiger charge is -2.09. The molecule has 3 aromatic rings. The van der Waals surface area contributed by atoms with Crippen LogP contribution in [0.4, 0.5) is 0 Å². The second-order valence-corrected chi connectivity index (χ2v) is 5.57. The van der Waals surface area contributed by atoms with E-state index in [2.05, 4.69) is 9.97 Å². The summed E-state index contributed by atoms with van der Waals surface area (Å²) in [5.41, 5.74) is 3.04. The van der Waals surface area contributed by atoms with E-state index in [1.54, 1.807) is 20.3 Å². The molecule has 0 aliphatic carbocycles. The van der Waals surface area contributed by atoms with Gasteiger partial charge in [-0.15, -0.1) is 0 Å². The molecule has 1 aromatic heterocycles. The van der Waals surface area contributed by atoms with Gasteiger partial charge in [0.2, 0.25) is 0 Å². The van der Waals surface area contributed by atoms with Crippen molar-refractivity contribution in [3.63, 3.8) is 0 Å². The molecule has 0 bridgehead atoms. The number of nitrogens with zero attached hydrogens (tertiary/aromatic N) is 1. The number of methoxy groups -OCH3 is 3. The maximum absolute atomic E-state index is 11.8. The van der Waals surface area contributed by atoms with Crippen LogP contribution in [0, 0.1) is 0 Å². The van der Waals surface area contributed by atoms with Gasteiger partial charge in [0, 0.05) is 6.42 Å². The predicted octanol–water partition coefficient (Wildman–Crippen LogP) is 3.15. The number of hydrogen-bond donors (Lipinski definition) is 1. The van der Waals surface area contributed by atoms with Crippen LogP contribution >= 0.6 is 0 Å². The summed E-state index contributed by atoms with van der Waals surface area (Å²) < 4.78 is 15.4. The zero-order valence-corrected chi connectivity index (χ0v) is 14.5. The van der Waals surface area contributed by atoms with Crippen molar-refractivity contribution >= 4 is 17.0 Å². The first kappa shape index (κ1) is 16.8. The monoisotopic (exact) mass is 340 g/mol. The van der Waals surface area contributed by atoms with E-state index < -0.39 is 0 Å². The molecule has 0 unspecified atom stereocenters. The van der Waals surface area contributed by atoms with Crippen molar-refractivity contribution < 1.29 is 19.0 Å². The number of aromatic amines is 1. The summed E-state index contributed by atoms with van der Waals surface area (Å²) in [5, 5.41) is 0. The Morgan fingerprint density at radius 1 is 1.04 bits per heavy atom. The highest BCUT2D eigenvalue weighted by molar-refractivity contribution is 6.01. The summed E-state index contributed by atoms with van der Waals surface area (Å²) in [6.07, 6.45) is 1.50. The van der Waals surface area contributed by atoms with Gasteiger partial charge in [0.05, 0.1) is 32.4 Å². The number of esters is 1. The first-order valence-electron chi connectivity index (χ1n) is 7.93. The van der Waals surface area contributed by atoms with Crippen LogP contribution in [-0.2, 0) is 17.6 Å². The number of benzene rings is 2. The standard InChI is InChI=1S/C19H20N2O4/c1-23-15-9-7-12(11-16(15)24-2)8-10-17-20-14-6-4-5-13(18(14)21-17)19(22)25-3/h4-7,9,11H,8,10H2,1-3H3,(H,20,21). The maximum Gasteiger partial charge on any atom is 0.340 e. The molecule has 6 heteroatoms. The number of aryl methyl sites for hydroxylation is 2. The number of H-pyrrole nitrogens is 1. The number of fused-ring (bicyclic) bond motifs is 1. The van der Waals surface area contributed by atoms with Crippen LogP contribution in [0.3, 0.4) is 0 Å². The molecule has 0 saturated carbocycles. The lowest BCUT2D eigenvalue weighted by atomic mass is 10.1. The van der Waals surface area contributed by atoms with Crippen LogP contribution in [0.25, 0.3) is 11.0 Å². The summed E-state index contributed by atoms with van der Waals surface area (Å²) in [4.78, 5) is 19.7.